The molecule has 0 radical (unpaired) electrons. The number of hydrogen-bond acceptors (Lipinski definition) is 5. The maximum Gasteiger partial charge on any atom is 0.257 e. The highest BCUT2D eigenvalue weighted by atomic mass is 19.1. The molecule has 0 atom stereocenters. The van der Waals surface area contributed by atoms with Gasteiger partial charge in [0.25, 0.3) is 5.91 Å². The van der Waals surface area contributed by atoms with Crippen LogP contribution in [0.3, 0.4) is 0 Å². The van der Waals surface area contributed by atoms with Crippen LogP contribution in [-0.2, 0) is 11.3 Å². The van der Waals surface area contributed by atoms with E-state index in [0.717, 1.165) is 5.69 Å². The summed E-state index contributed by atoms with van der Waals surface area (Å²) in [5.41, 5.74) is 2.21. The zero-order chi connectivity index (χ0) is 20.4. The minimum atomic E-state index is -0.440. The molecule has 0 aliphatic carbocycles. The Morgan fingerprint density at radius 2 is 2.10 bits per heavy atom. The van der Waals surface area contributed by atoms with E-state index in [1.807, 2.05) is 12.1 Å². The van der Waals surface area contributed by atoms with Gasteiger partial charge in [-0.1, -0.05) is 12.1 Å². The fraction of sp³-hybridized carbons (Fsp3) is 0.143. The highest BCUT2D eigenvalue weighted by Crippen LogP contribution is 2.30. The predicted molar refractivity (Wildman–Crippen MR) is 107 cm³/mol. The van der Waals surface area contributed by atoms with Crippen molar-refractivity contribution in [1.29, 1.82) is 0 Å². The summed E-state index contributed by atoms with van der Waals surface area (Å²) in [5, 5.41) is 5.65. The van der Waals surface area contributed by atoms with E-state index in [1.165, 1.54) is 18.3 Å². The van der Waals surface area contributed by atoms with Crippen LogP contribution in [0.5, 0.6) is 0 Å². The van der Waals surface area contributed by atoms with Gasteiger partial charge in [0.15, 0.2) is 5.82 Å². The van der Waals surface area contributed by atoms with Gasteiger partial charge in [0, 0.05) is 23.6 Å². The Morgan fingerprint density at radius 3 is 2.90 bits per heavy atom. The summed E-state index contributed by atoms with van der Waals surface area (Å²) in [4.78, 5) is 35.3. The maximum absolute atomic E-state index is 13.7. The molecule has 1 aliphatic heterocycles. The lowest BCUT2D eigenvalue weighted by molar-refractivity contribution is -0.117. The number of carbonyl (C=O) groups excluding carboxylic acids is 2. The van der Waals surface area contributed by atoms with E-state index in [4.69, 9.17) is 0 Å². The lowest BCUT2D eigenvalue weighted by atomic mass is 10.1. The standard InChI is InChI=1S/C21H18FN5O2/c1-13-16(22)6-4-7-17(13)26-21(29)14-9-18-20(24-10-14)25-11-19(28)27(18)12-15-5-2-3-8-23-15/h2-10H,11-12H2,1H3,(H,24,25)(H,26,29). The van der Waals surface area contributed by atoms with Crippen LogP contribution in [0.2, 0.25) is 0 Å². The predicted octanol–water partition coefficient (Wildman–Crippen LogP) is 3.14. The van der Waals surface area contributed by atoms with Crippen molar-refractivity contribution in [3.05, 3.63) is 77.5 Å². The van der Waals surface area contributed by atoms with Crippen LogP contribution < -0.4 is 15.5 Å². The van der Waals surface area contributed by atoms with Crippen molar-refractivity contribution < 1.29 is 14.0 Å². The first-order valence-corrected chi connectivity index (χ1v) is 9.03. The van der Waals surface area contributed by atoms with Gasteiger partial charge in [0.05, 0.1) is 30.0 Å². The van der Waals surface area contributed by atoms with E-state index in [1.54, 1.807) is 36.2 Å². The number of nitrogens with one attached hydrogen (secondary N) is 2. The molecular weight excluding hydrogens is 373 g/mol. The van der Waals surface area contributed by atoms with E-state index < -0.39 is 11.7 Å². The van der Waals surface area contributed by atoms with Crippen molar-refractivity contribution in [3.8, 4) is 0 Å². The number of hydrogen-bond donors (Lipinski definition) is 2. The number of halogens is 1. The van der Waals surface area contributed by atoms with Gasteiger partial charge in [-0.25, -0.2) is 9.37 Å². The Bertz CT molecular complexity index is 1090. The van der Waals surface area contributed by atoms with Gasteiger partial charge in [-0.15, -0.1) is 0 Å². The Labute approximate surface area is 166 Å². The largest absolute Gasteiger partial charge is 0.359 e. The van der Waals surface area contributed by atoms with Crippen molar-refractivity contribution in [1.82, 2.24) is 9.97 Å². The molecule has 146 valence electrons. The second-order valence-electron chi connectivity index (χ2n) is 6.61. The number of fused-ring (bicyclic) bond motifs is 1. The summed E-state index contributed by atoms with van der Waals surface area (Å²) >= 11 is 0. The number of benzene rings is 1. The third kappa shape index (κ3) is 3.77. The third-order valence-corrected chi connectivity index (χ3v) is 4.69. The lowest BCUT2D eigenvalue weighted by Gasteiger charge is -2.29. The molecule has 1 aromatic carbocycles. The topological polar surface area (TPSA) is 87.2 Å². The van der Waals surface area contributed by atoms with E-state index in [2.05, 4.69) is 20.6 Å². The average Bonchev–Trinajstić information content (AvgIpc) is 2.74. The summed E-state index contributed by atoms with van der Waals surface area (Å²) in [6, 6.07) is 11.6. The molecule has 3 aromatic rings. The molecule has 29 heavy (non-hydrogen) atoms. The second kappa shape index (κ2) is 7.67. The number of nitrogens with zero attached hydrogens (tertiary/aromatic N) is 3. The SMILES string of the molecule is Cc1c(F)cccc1NC(=O)c1cnc2c(c1)N(Cc1ccccn1)C(=O)CN2. The minimum absolute atomic E-state index is 0.112. The Kier molecular flexibility index (Phi) is 4.90. The van der Waals surface area contributed by atoms with Gasteiger partial charge in [-0.2, -0.15) is 0 Å². The smallest absolute Gasteiger partial charge is 0.257 e. The van der Waals surface area contributed by atoms with Crippen LogP contribution in [0.4, 0.5) is 21.6 Å². The lowest BCUT2D eigenvalue weighted by Crippen LogP contribution is -2.40. The number of aromatic nitrogens is 2. The van der Waals surface area contributed by atoms with Crippen LogP contribution in [0.25, 0.3) is 0 Å². The molecule has 3 heterocycles. The second-order valence-corrected chi connectivity index (χ2v) is 6.61. The molecular formula is C21H18FN5O2. The molecule has 8 heteroatoms. The maximum atomic E-state index is 13.7. The van der Waals surface area contributed by atoms with E-state index in [-0.39, 0.29) is 24.6 Å². The molecule has 0 unspecified atom stereocenters. The van der Waals surface area contributed by atoms with E-state index in [9.17, 15) is 14.0 Å². The molecule has 2 N–H and O–H groups in total. The summed E-state index contributed by atoms with van der Waals surface area (Å²) in [6.45, 7) is 1.97. The van der Waals surface area contributed by atoms with E-state index in [0.29, 0.717) is 22.8 Å². The van der Waals surface area contributed by atoms with Gasteiger partial charge < -0.3 is 15.5 Å². The van der Waals surface area contributed by atoms with Gasteiger partial charge >= 0.3 is 0 Å². The van der Waals surface area contributed by atoms with Crippen molar-refractivity contribution in [3.63, 3.8) is 0 Å². The number of rotatable bonds is 4. The summed E-state index contributed by atoms with van der Waals surface area (Å²) in [5.74, 6) is -0.477. The molecule has 0 saturated heterocycles. The first kappa shape index (κ1) is 18.5. The first-order chi connectivity index (χ1) is 14.0. The Hall–Kier alpha value is -3.81. The average molecular weight is 391 g/mol. The summed E-state index contributed by atoms with van der Waals surface area (Å²) < 4.78 is 13.7. The van der Waals surface area contributed by atoms with Crippen molar-refractivity contribution in [2.24, 2.45) is 0 Å². The number of amides is 2. The van der Waals surface area contributed by atoms with Gasteiger partial charge in [0.2, 0.25) is 5.91 Å². The van der Waals surface area contributed by atoms with E-state index >= 15 is 0 Å². The molecule has 4 rings (SSSR count). The molecule has 0 saturated carbocycles. The fourth-order valence-corrected chi connectivity index (χ4v) is 3.07. The van der Waals surface area contributed by atoms with Gasteiger partial charge in [-0.05, 0) is 37.3 Å². The Balaban J connectivity index is 1.63. The molecule has 2 amide bonds. The van der Waals surface area contributed by atoms with Crippen LogP contribution in [-0.4, -0.2) is 28.3 Å². The molecule has 0 spiro atoms. The third-order valence-electron chi connectivity index (χ3n) is 4.69. The molecule has 0 bridgehead atoms. The first-order valence-electron chi connectivity index (χ1n) is 9.03. The van der Waals surface area contributed by atoms with Crippen LogP contribution in [0.15, 0.2) is 54.9 Å². The van der Waals surface area contributed by atoms with Gasteiger partial charge in [-0.3, -0.25) is 14.6 Å². The van der Waals surface area contributed by atoms with Crippen LogP contribution in [0.1, 0.15) is 21.6 Å². The zero-order valence-electron chi connectivity index (χ0n) is 15.6. The van der Waals surface area contributed by atoms with Crippen molar-refractivity contribution in [2.75, 3.05) is 22.1 Å². The quantitative estimate of drug-likeness (QED) is 0.714. The molecule has 2 aromatic heterocycles. The highest BCUT2D eigenvalue weighted by Gasteiger charge is 2.26. The number of anilines is 3. The Morgan fingerprint density at radius 1 is 1.24 bits per heavy atom. The summed E-state index contributed by atoms with van der Waals surface area (Å²) in [6.07, 6.45) is 3.08. The summed E-state index contributed by atoms with van der Waals surface area (Å²) in [7, 11) is 0. The van der Waals surface area contributed by atoms with Gasteiger partial charge in [0.1, 0.15) is 5.82 Å². The number of pyridine rings is 2. The van der Waals surface area contributed by atoms with Crippen LogP contribution in [0, 0.1) is 12.7 Å². The van der Waals surface area contributed by atoms with Crippen LogP contribution >= 0.6 is 0 Å². The van der Waals surface area contributed by atoms with Crippen molar-refractivity contribution >= 4 is 29.0 Å². The monoisotopic (exact) mass is 391 g/mol. The molecule has 0 fully saturated rings. The fourth-order valence-electron chi connectivity index (χ4n) is 3.07. The normalized spacial score (nSPS) is 12.9. The number of carbonyl (C=O) groups is 2. The molecule has 7 nitrogen and oxygen atoms in total. The van der Waals surface area contributed by atoms with Crippen molar-refractivity contribution in [2.45, 2.75) is 13.5 Å². The molecule has 1 aliphatic rings. The minimum Gasteiger partial charge on any atom is -0.359 e. The zero-order valence-corrected chi connectivity index (χ0v) is 15.6. The highest BCUT2D eigenvalue weighted by molar-refractivity contribution is 6.07.